The number of aromatic nitrogens is 1. The predicted molar refractivity (Wildman–Crippen MR) is 105 cm³/mol. The van der Waals surface area contributed by atoms with Gasteiger partial charge in [0.05, 0.1) is 11.8 Å². The van der Waals surface area contributed by atoms with Crippen LogP contribution < -0.4 is 0 Å². The number of carbonyl (C=O) groups is 2. The molecular weight excluding hydrogens is 361 g/mol. The highest BCUT2D eigenvalue weighted by Gasteiger charge is 2.16. The van der Waals surface area contributed by atoms with Crippen LogP contribution in [-0.2, 0) is 9.59 Å². The minimum Gasteiger partial charge on any atom is -0.481 e. The molecule has 2 aromatic rings. The fourth-order valence-corrected chi connectivity index (χ4v) is 2.94. The molecule has 0 spiro atoms. The molecule has 1 aromatic heterocycles. The Hall–Kier alpha value is -2.86. The maximum atomic E-state index is 13.3. The number of hydrogen-bond acceptors (Lipinski definition) is 4. The van der Waals surface area contributed by atoms with Crippen LogP contribution in [-0.4, -0.2) is 33.1 Å². The van der Waals surface area contributed by atoms with Crippen LogP contribution in [0.5, 0.6) is 0 Å². The van der Waals surface area contributed by atoms with Crippen molar-refractivity contribution in [3.63, 3.8) is 0 Å². The number of ketones is 1. The van der Waals surface area contributed by atoms with Crippen LogP contribution in [0.2, 0.25) is 0 Å². The van der Waals surface area contributed by atoms with E-state index in [0.717, 1.165) is 28.1 Å². The summed E-state index contributed by atoms with van der Waals surface area (Å²) in [6.07, 6.45) is 1.17. The van der Waals surface area contributed by atoms with Crippen molar-refractivity contribution in [2.45, 2.75) is 45.6 Å². The Labute approximate surface area is 163 Å². The minimum atomic E-state index is -1.22. The third-order valence-corrected chi connectivity index (χ3v) is 4.19. The average molecular weight is 385 g/mol. The van der Waals surface area contributed by atoms with Gasteiger partial charge in [0, 0.05) is 17.7 Å². The van der Waals surface area contributed by atoms with Gasteiger partial charge in [0.15, 0.2) is 0 Å². The van der Waals surface area contributed by atoms with Crippen molar-refractivity contribution in [2.75, 3.05) is 0 Å². The lowest BCUT2D eigenvalue weighted by Gasteiger charge is -2.16. The molecule has 1 heterocycles. The summed E-state index contributed by atoms with van der Waals surface area (Å²) in [7, 11) is 0. The molecule has 2 rings (SSSR count). The van der Waals surface area contributed by atoms with E-state index in [4.69, 9.17) is 5.11 Å². The van der Waals surface area contributed by atoms with Gasteiger partial charge in [0.1, 0.15) is 18.0 Å². The molecule has 1 unspecified atom stereocenters. The van der Waals surface area contributed by atoms with Gasteiger partial charge in [-0.1, -0.05) is 38.1 Å². The summed E-state index contributed by atoms with van der Waals surface area (Å²) in [6, 6.07) is 8.01. The van der Waals surface area contributed by atoms with Crippen LogP contribution in [0.4, 0.5) is 4.39 Å². The van der Waals surface area contributed by atoms with Gasteiger partial charge < -0.3 is 10.2 Å². The molecule has 0 saturated carbocycles. The summed E-state index contributed by atoms with van der Waals surface area (Å²) in [5, 5.41) is 18.8. The van der Waals surface area contributed by atoms with E-state index in [9.17, 15) is 19.1 Å². The Morgan fingerprint density at radius 1 is 1.21 bits per heavy atom. The molecule has 0 radical (unpaired) electrons. The van der Waals surface area contributed by atoms with Crippen LogP contribution in [0.1, 0.15) is 49.6 Å². The zero-order valence-electron chi connectivity index (χ0n) is 16.1. The number of nitrogens with zero attached hydrogens (tertiary/aromatic N) is 1. The molecule has 0 fully saturated rings. The molecule has 0 aliphatic rings. The number of carboxylic acid groups (broad SMARTS) is 1. The summed E-state index contributed by atoms with van der Waals surface area (Å²) in [6.45, 7) is 5.88. The highest BCUT2D eigenvalue weighted by atomic mass is 19.1. The number of carboxylic acids is 1. The SMILES string of the molecule is Cc1cc(-c2ccc(F)cc2)c(/C=C/C(O)CC(=O)CC(=O)O)c(C(C)C)n1. The van der Waals surface area contributed by atoms with Crippen LogP contribution in [0.3, 0.4) is 0 Å². The number of halogens is 1. The Morgan fingerprint density at radius 3 is 2.43 bits per heavy atom. The first-order valence-corrected chi connectivity index (χ1v) is 9.04. The number of rotatable bonds is 8. The van der Waals surface area contributed by atoms with Gasteiger partial charge >= 0.3 is 5.97 Å². The highest BCUT2D eigenvalue weighted by molar-refractivity contribution is 5.95. The molecule has 0 amide bonds. The molecule has 148 valence electrons. The van der Waals surface area contributed by atoms with Crippen molar-refractivity contribution in [3.8, 4) is 11.1 Å². The minimum absolute atomic E-state index is 0.101. The summed E-state index contributed by atoms with van der Waals surface area (Å²) in [4.78, 5) is 26.8. The topological polar surface area (TPSA) is 87.5 Å². The standard InChI is InChI=1S/C22H24FNO4/c1-13(2)22-19(9-8-17(25)11-18(26)12-21(27)28)20(10-14(3)24-22)15-4-6-16(23)7-5-15/h4-10,13,17,25H,11-12H2,1-3H3,(H,27,28)/b9-8+. The van der Waals surface area contributed by atoms with E-state index < -0.39 is 24.3 Å². The number of hydrogen-bond donors (Lipinski definition) is 2. The number of aliphatic carboxylic acids is 1. The van der Waals surface area contributed by atoms with Crippen molar-refractivity contribution in [1.29, 1.82) is 0 Å². The molecule has 2 N–H and O–H groups in total. The molecule has 28 heavy (non-hydrogen) atoms. The first-order valence-electron chi connectivity index (χ1n) is 9.04. The molecule has 6 heteroatoms. The summed E-state index contributed by atoms with van der Waals surface area (Å²) in [5.41, 5.74) is 4.07. The molecule has 0 aliphatic carbocycles. The van der Waals surface area contributed by atoms with Gasteiger partial charge in [-0.25, -0.2) is 4.39 Å². The first kappa shape index (κ1) is 21.4. The maximum Gasteiger partial charge on any atom is 0.310 e. The Morgan fingerprint density at radius 2 is 1.86 bits per heavy atom. The smallest absolute Gasteiger partial charge is 0.310 e. The lowest BCUT2D eigenvalue weighted by atomic mass is 9.93. The molecule has 0 saturated heterocycles. The fraction of sp³-hybridized carbons (Fsp3) is 0.318. The van der Waals surface area contributed by atoms with E-state index in [2.05, 4.69) is 4.98 Å². The fourth-order valence-electron chi connectivity index (χ4n) is 2.94. The van der Waals surface area contributed by atoms with Gasteiger partial charge in [0.2, 0.25) is 0 Å². The second-order valence-electron chi connectivity index (χ2n) is 7.01. The number of benzene rings is 1. The summed E-state index contributed by atoms with van der Waals surface area (Å²) in [5.74, 6) is -1.99. The molecule has 1 aromatic carbocycles. The van der Waals surface area contributed by atoms with Crippen molar-refractivity contribution >= 4 is 17.8 Å². The van der Waals surface area contributed by atoms with Crippen molar-refractivity contribution in [3.05, 3.63) is 59.2 Å². The van der Waals surface area contributed by atoms with E-state index in [-0.39, 0.29) is 18.2 Å². The Balaban J connectivity index is 2.41. The van der Waals surface area contributed by atoms with E-state index in [1.807, 2.05) is 26.8 Å². The zero-order valence-corrected chi connectivity index (χ0v) is 16.1. The van der Waals surface area contributed by atoms with Crippen LogP contribution >= 0.6 is 0 Å². The van der Waals surface area contributed by atoms with Crippen molar-refractivity contribution in [1.82, 2.24) is 4.98 Å². The quantitative estimate of drug-likeness (QED) is 0.667. The van der Waals surface area contributed by atoms with Crippen LogP contribution in [0.25, 0.3) is 17.2 Å². The van der Waals surface area contributed by atoms with Gasteiger partial charge in [-0.2, -0.15) is 0 Å². The van der Waals surface area contributed by atoms with Gasteiger partial charge in [-0.3, -0.25) is 14.6 Å². The monoisotopic (exact) mass is 385 g/mol. The Kier molecular flexibility index (Phi) is 7.18. The number of pyridine rings is 1. The first-order chi connectivity index (χ1) is 13.2. The van der Waals surface area contributed by atoms with Gasteiger partial charge in [-0.05, 0) is 42.2 Å². The lowest BCUT2D eigenvalue weighted by molar-refractivity contribution is -0.140. The van der Waals surface area contributed by atoms with Crippen LogP contribution in [0.15, 0.2) is 36.4 Å². The second kappa shape index (κ2) is 9.37. The molecule has 0 aliphatic heterocycles. The Bertz CT molecular complexity index is 888. The number of carbonyl (C=O) groups excluding carboxylic acids is 1. The zero-order chi connectivity index (χ0) is 20.8. The van der Waals surface area contributed by atoms with E-state index in [0.29, 0.717) is 0 Å². The number of Topliss-reactive ketones (excluding diaryl/α,β-unsaturated/α-hetero) is 1. The molecular formula is C22H24FNO4. The molecule has 1 atom stereocenters. The van der Waals surface area contributed by atoms with Crippen LogP contribution in [0, 0.1) is 12.7 Å². The van der Waals surface area contributed by atoms with Crippen molar-refractivity contribution < 1.29 is 24.2 Å². The third kappa shape index (κ3) is 5.82. The number of aliphatic hydroxyl groups excluding tert-OH is 1. The average Bonchev–Trinajstić information content (AvgIpc) is 2.59. The summed E-state index contributed by atoms with van der Waals surface area (Å²) < 4.78 is 13.3. The maximum absolute atomic E-state index is 13.3. The van der Waals surface area contributed by atoms with Gasteiger partial charge in [0.25, 0.3) is 0 Å². The third-order valence-electron chi connectivity index (χ3n) is 4.19. The van der Waals surface area contributed by atoms with E-state index >= 15 is 0 Å². The number of aryl methyl sites for hydroxylation is 1. The normalized spacial score (nSPS) is 12.5. The van der Waals surface area contributed by atoms with Gasteiger partial charge in [-0.15, -0.1) is 0 Å². The second-order valence-corrected chi connectivity index (χ2v) is 7.01. The molecule has 5 nitrogen and oxygen atoms in total. The largest absolute Gasteiger partial charge is 0.481 e. The van der Waals surface area contributed by atoms with E-state index in [1.165, 1.54) is 18.2 Å². The lowest BCUT2D eigenvalue weighted by Crippen LogP contribution is -2.14. The van der Waals surface area contributed by atoms with Crippen molar-refractivity contribution in [2.24, 2.45) is 0 Å². The predicted octanol–water partition coefficient (Wildman–Crippen LogP) is 4.13. The summed E-state index contributed by atoms with van der Waals surface area (Å²) >= 11 is 0. The molecule has 0 bridgehead atoms. The highest BCUT2D eigenvalue weighted by Crippen LogP contribution is 2.31. The van der Waals surface area contributed by atoms with E-state index in [1.54, 1.807) is 18.2 Å². The number of aliphatic hydroxyl groups is 1.